The zero-order chi connectivity index (χ0) is 18.8. The number of ether oxygens (including phenoxy) is 1. The summed E-state index contributed by atoms with van der Waals surface area (Å²) in [6, 6.07) is 6.91. The molecule has 1 rings (SSSR count). The fourth-order valence-corrected chi connectivity index (χ4v) is 2.19. The average molecular weight is 349 g/mol. The first kappa shape index (κ1) is 20.6. The Morgan fingerprint density at radius 2 is 1.68 bits per heavy atom. The van der Waals surface area contributed by atoms with Crippen LogP contribution in [0.3, 0.4) is 0 Å². The summed E-state index contributed by atoms with van der Waals surface area (Å²) in [7, 11) is 1.33. The molecule has 0 radical (unpaired) electrons. The van der Waals surface area contributed by atoms with Crippen LogP contribution in [-0.2, 0) is 20.9 Å². The lowest BCUT2D eigenvalue weighted by molar-refractivity contribution is -0.125. The predicted octanol–water partition coefficient (Wildman–Crippen LogP) is 0.936. The molecule has 0 aliphatic carbocycles. The lowest BCUT2D eigenvalue weighted by atomic mass is 10.1. The SMILES string of the molecule is CCN(CC(=O)NCc1ccc(C(=O)OC)cc1)CC(=O)NC(C)C. The minimum absolute atomic E-state index is 0.0768. The summed E-state index contributed by atoms with van der Waals surface area (Å²) in [5.74, 6) is -0.645. The van der Waals surface area contributed by atoms with E-state index in [1.807, 2.05) is 20.8 Å². The van der Waals surface area contributed by atoms with Crippen LogP contribution in [-0.4, -0.2) is 55.5 Å². The molecule has 0 saturated carbocycles. The quantitative estimate of drug-likeness (QED) is 0.648. The number of amides is 2. The Morgan fingerprint density at radius 1 is 1.08 bits per heavy atom. The first-order chi connectivity index (χ1) is 11.8. The van der Waals surface area contributed by atoms with Gasteiger partial charge in [-0.1, -0.05) is 19.1 Å². The molecule has 138 valence electrons. The Bertz CT molecular complexity index is 584. The molecule has 25 heavy (non-hydrogen) atoms. The monoisotopic (exact) mass is 349 g/mol. The lowest BCUT2D eigenvalue weighted by Gasteiger charge is -2.20. The van der Waals surface area contributed by atoms with Crippen LogP contribution < -0.4 is 10.6 Å². The molecule has 0 atom stereocenters. The van der Waals surface area contributed by atoms with E-state index in [9.17, 15) is 14.4 Å². The first-order valence-corrected chi connectivity index (χ1v) is 8.31. The number of nitrogens with zero attached hydrogens (tertiary/aromatic N) is 1. The number of hydrogen-bond acceptors (Lipinski definition) is 5. The average Bonchev–Trinajstić information content (AvgIpc) is 2.58. The Labute approximate surface area is 148 Å². The minimum Gasteiger partial charge on any atom is -0.465 e. The number of carbonyl (C=O) groups excluding carboxylic acids is 3. The fourth-order valence-electron chi connectivity index (χ4n) is 2.19. The summed E-state index contributed by atoms with van der Waals surface area (Å²) < 4.78 is 4.64. The molecular weight excluding hydrogens is 322 g/mol. The van der Waals surface area contributed by atoms with Crippen molar-refractivity contribution in [2.75, 3.05) is 26.7 Å². The second kappa shape index (κ2) is 10.5. The van der Waals surface area contributed by atoms with E-state index in [-0.39, 0.29) is 30.9 Å². The molecule has 7 heteroatoms. The Morgan fingerprint density at radius 3 is 2.20 bits per heavy atom. The van der Waals surface area contributed by atoms with Crippen molar-refractivity contribution in [1.29, 1.82) is 0 Å². The Hall–Kier alpha value is -2.41. The zero-order valence-electron chi connectivity index (χ0n) is 15.3. The van der Waals surface area contributed by atoms with Gasteiger partial charge in [-0.05, 0) is 38.1 Å². The fraction of sp³-hybridized carbons (Fsp3) is 0.500. The van der Waals surface area contributed by atoms with E-state index in [0.29, 0.717) is 18.7 Å². The molecule has 0 aliphatic rings. The van der Waals surface area contributed by atoms with Crippen LogP contribution in [0.4, 0.5) is 0 Å². The van der Waals surface area contributed by atoms with Crippen molar-refractivity contribution >= 4 is 17.8 Å². The third-order valence-electron chi connectivity index (χ3n) is 3.50. The molecule has 0 unspecified atom stereocenters. The third-order valence-corrected chi connectivity index (χ3v) is 3.50. The highest BCUT2D eigenvalue weighted by Gasteiger charge is 2.13. The van der Waals surface area contributed by atoms with Gasteiger partial charge in [-0.3, -0.25) is 14.5 Å². The van der Waals surface area contributed by atoms with E-state index in [2.05, 4.69) is 15.4 Å². The van der Waals surface area contributed by atoms with E-state index in [4.69, 9.17) is 0 Å². The highest BCUT2D eigenvalue weighted by atomic mass is 16.5. The Kier molecular flexibility index (Phi) is 8.63. The van der Waals surface area contributed by atoms with Crippen LogP contribution in [0.15, 0.2) is 24.3 Å². The van der Waals surface area contributed by atoms with Crippen LogP contribution in [0.25, 0.3) is 0 Å². The highest BCUT2D eigenvalue weighted by molar-refractivity contribution is 5.89. The molecular formula is C18H27N3O4. The van der Waals surface area contributed by atoms with Crippen LogP contribution in [0.2, 0.25) is 0 Å². The van der Waals surface area contributed by atoms with Crippen LogP contribution in [0, 0.1) is 0 Å². The van der Waals surface area contributed by atoms with Gasteiger partial charge in [0.05, 0.1) is 25.8 Å². The van der Waals surface area contributed by atoms with E-state index < -0.39 is 5.97 Å². The summed E-state index contributed by atoms with van der Waals surface area (Å²) in [5.41, 5.74) is 1.34. The van der Waals surface area contributed by atoms with Crippen LogP contribution in [0.1, 0.15) is 36.7 Å². The summed E-state index contributed by atoms with van der Waals surface area (Å²) in [6.07, 6.45) is 0. The first-order valence-electron chi connectivity index (χ1n) is 8.31. The summed E-state index contributed by atoms with van der Waals surface area (Å²) in [6.45, 7) is 7.00. The van der Waals surface area contributed by atoms with Crippen LogP contribution >= 0.6 is 0 Å². The maximum absolute atomic E-state index is 12.1. The number of benzene rings is 1. The molecule has 7 nitrogen and oxygen atoms in total. The molecule has 0 saturated heterocycles. The van der Waals surface area contributed by atoms with E-state index in [0.717, 1.165) is 5.56 Å². The van der Waals surface area contributed by atoms with Gasteiger partial charge in [0.15, 0.2) is 0 Å². The summed E-state index contributed by atoms with van der Waals surface area (Å²) in [4.78, 5) is 37.0. The molecule has 2 N–H and O–H groups in total. The van der Waals surface area contributed by atoms with Gasteiger partial charge >= 0.3 is 5.97 Å². The summed E-state index contributed by atoms with van der Waals surface area (Å²) >= 11 is 0. The van der Waals surface area contributed by atoms with Crippen molar-refractivity contribution in [2.45, 2.75) is 33.4 Å². The largest absolute Gasteiger partial charge is 0.465 e. The van der Waals surface area contributed by atoms with Gasteiger partial charge in [-0.2, -0.15) is 0 Å². The zero-order valence-corrected chi connectivity index (χ0v) is 15.3. The van der Waals surface area contributed by atoms with Gasteiger partial charge in [0.25, 0.3) is 0 Å². The molecule has 0 bridgehead atoms. The minimum atomic E-state index is -0.395. The van der Waals surface area contributed by atoms with Gasteiger partial charge in [-0.15, -0.1) is 0 Å². The second-order valence-corrected chi connectivity index (χ2v) is 5.99. The van der Waals surface area contributed by atoms with Gasteiger partial charge in [0, 0.05) is 12.6 Å². The lowest BCUT2D eigenvalue weighted by Crippen LogP contribution is -2.44. The molecule has 0 fully saturated rings. The number of carbonyl (C=O) groups is 3. The van der Waals surface area contributed by atoms with E-state index >= 15 is 0 Å². The molecule has 0 aromatic heterocycles. The molecule has 0 heterocycles. The summed E-state index contributed by atoms with van der Waals surface area (Å²) in [5, 5.41) is 5.62. The molecule has 1 aromatic carbocycles. The normalized spacial score (nSPS) is 10.6. The number of nitrogens with one attached hydrogen (secondary N) is 2. The molecule has 2 amide bonds. The molecule has 0 aliphatic heterocycles. The van der Waals surface area contributed by atoms with Crippen molar-refractivity contribution in [3.05, 3.63) is 35.4 Å². The van der Waals surface area contributed by atoms with Crippen molar-refractivity contribution in [3.8, 4) is 0 Å². The van der Waals surface area contributed by atoms with Crippen molar-refractivity contribution in [1.82, 2.24) is 15.5 Å². The van der Waals surface area contributed by atoms with E-state index in [1.54, 1.807) is 29.2 Å². The number of likely N-dealkylation sites (N-methyl/N-ethyl adjacent to an activating group) is 1. The molecule has 1 aromatic rings. The number of esters is 1. The Balaban J connectivity index is 2.44. The topological polar surface area (TPSA) is 87.7 Å². The highest BCUT2D eigenvalue weighted by Crippen LogP contribution is 2.05. The standard InChI is InChI=1S/C18H27N3O4/c1-5-21(12-17(23)20-13(2)3)11-16(22)19-10-14-6-8-15(9-7-14)18(24)25-4/h6-9,13H,5,10-12H2,1-4H3,(H,19,22)(H,20,23). The second-order valence-electron chi connectivity index (χ2n) is 5.99. The van der Waals surface area contributed by atoms with Gasteiger partial charge in [-0.25, -0.2) is 4.79 Å². The number of methoxy groups -OCH3 is 1. The number of rotatable bonds is 9. The van der Waals surface area contributed by atoms with Crippen molar-refractivity contribution in [2.24, 2.45) is 0 Å². The van der Waals surface area contributed by atoms with Crippen LogP contribution in [0.5, 0.6) is 0 Å². The van der Waals surface area contributed by atoms with Gasteiger partial charge in [0.1, 0.15) is 0 Å². The number of hydrogen-bond donors (Lipinski definition) is 2. The van der Waals surface area contributed by atoms with Crippen molar-refractivity contribution < 1.29 is 19.1 Å². The smallest absolute Gasteiger partial charge is 0.337 e. The third kappa shape index (κ3) is 7.80. The maximum atomic E-state index is 12.1. The predicted molar refractivity (Wildman–Crippen MR) is 95.0 cm³/mol. The molecule has 0 spiro atoms. The van der Waals surface area contributed by atoms with Crippen molar-refractivity contribution in [3.63, 3.8) is 0 Å². The van der Waals surface area contributed by atoms with E-state index in [1.165, 1.54) is 7.11 Å². The maximum Gasteiger partial charge on any atom is 0.337 e. The van der Waals surface area contributed by atoms with Gasteiger partial charge in [0.2, 0.25) is 11.8 Å². The van der Waals surface area contributed by atoms with Gasteiger partial charge < -0.3 is 15.4 Å².